The van der Waals surface area contributed by atoms with Crippen molar-refractivity contribution < 1.29 is 18.8 Å². The Hall–Kier alpha value is -1.44. The van der Waals surface area contributed by atoms with Crippen LogP contribution in [0.15, 0.2) is 54.9 Å². The minimum atomic E-state index is -0.192. The fraction of sp³-hybridized carbons (Fsp3) is 0.222. The number of aromatic nitrogens is 3. The van der Waals surface area contributed by atoms with E-state index in [1.54, 1.807) is 25.0 Å². The maximum atomic E-state index is 4.82. The van der Waals surface area contributed by atoms with Gasteiger partial charge in [0.25, 0.3) is 0 Å². The summed E-state index contributed by atoms with van der Waals surface area (Å²) in [5, 5.41) is 0. The van der Waals surface area contributed by atoms with Crippen LogP contribution in [0.4, 0.5) is 0 Å². The normalized spacial score (nSPS) is 10.9. The van der Waals surface area contributed by atoms with Crippen LogP contribution in [0.2, 0.25) is 0 Å². The third-order valence-electron chi connectivity index (χ3n) is 3.82. The van der Waals surface area contributed by atoms with Crippen molar-refractivity contribution >= 4 is 9.42 Å². The van der Waals surface area contributed by atoms with Gasteiger partial charge in [0.15, 0.2) is 5.82 Å². The van der Waals surface area contributed by atoms with Crippen LogP contribution in [0, 0.1) is 6.07 Å². The van der Waals surface area contributed by atoms with E-state index in [9.17, 15) is 0 Å². The molecule has 3 rings (SSSR count). The van der Waals surface area contributed by atoms with Gasteiger partial charge in [0.05, 0.1) is 0 Å². The minimum absolute atomic E-state index is 0.192. The van der Waals surface area contributed by atoms with Gasteiger partial charge in [-0.05, 0) is 12.1 Å². The van der Waals surface area contributed by atoms with Crippen molar-refractivity contribution in [1.29, 1.82) is 0 Å². The fourth-order valence-electron chi connectivity index (χ4n) is 2.44. The number of nitrogens with zero attached hydrogens (tertiary/aromatic N) is 3. The van der Waals surface area contributed by atoms with E-state index in [1.165, 1.54) is 0 Å². The molecule has 0 saturated carbocycles. The molecule has 3 nitrogen and oxygen atoms in total. The summed E-state index contributed by atoms with van der Waals surface area (Å²) in [5.74, 6) is 0.879. The molecule has 5 heteroatoms. The van der Waals surface area contributed by atoms with E-state index in [1.807, 2.05) is 48.1 Å². The van der Waals surface area contributed by atoms with Gasteiger partial charge in [0, 0.05) is 30.6 Å². The number of hydrogen-bond acceptors (Lipinski definition) is 2. The Morgan fingerprint density at radius 3 is 2.52 bits per heavy atom. The Balaban J connectivity index is 0.000000924. The number of benzene rings is 1. The SMILES string of the molecule is Cn1ccnc1-c1cccc(C(C)(C)c2[c-]cccc2)n1.[Cl][Pt+]. The quantitative estimate of drug-likeness (QED) is 0.496. The molecule has 2 heterocycles. The second kappa shape index (κ2) is 7.90. The van der Waals surface area contributed by atoms with Crippen molar-refractivity contribution in [3.8, 4) is 11.5 Å². The molecule has 1 aromatic carbocycles. The van der Waals surface area contributed by atoms with Crippen molar-refractivity contribution in [2.24, 2.45) is 7.05 Å². The first kappa shape index (κ1) is 17.9. The van der Waals surface area contributed by atoms with Crippen LogP contribution in [-0.2, 0) is 31.2 Å². The third kappa shape index (κ3) is 3.91. The summed E-state index contributed by atoms with van der Waals surface area (Å²) in [5.41, 5.74) is 2.85. The zero-order chi connectivity index (χ0) is 16.9. The van der Waals surface area contributed by atoms with Gasteiger partial charge in [-0.25, -0.2) is 9.97 Å². The van der Waals surface area contributed by atoms with Gasteiger partial charge in [0.2, 0.25) is 0 Å². The number of hydrogen-bond donors (Lipinski definition) is 0. The summed E-state index contributed by atoms with van der Waals surface area (Å²) in [6, 6.07) is 17.5. The monoisotopic (exact) mass is 506 g/mol. The molecule has 2 aromatic heterocycles. The van der Waals surface area contributed by atoms with E-state index >= 15 is 0 Å². The average Bonchev–Trinajstić information content (AvgIpc) is 3.04. The van der Waals surface area contributed by atoms with E-state index in [0.29, 0.717) is 0 Å². The molecule has 0 atom stereocenters. The Bertz CT molecular complexity index is 754. The predicted molar refractivity (Wildman–Crippen MR) is 89.7 cm³/mol. The number of pyridine rings is 1. The summed E-state index contributed by atoms with van der Waals surface area (Å²) in [6.07, 6.45) is 3.72. The van der Waals surface area contributed by atoms with Gasteiger partial charge in [-0.1, -0.05) is 19.9 Å². The fourth-order valence-corrected chi connectivity index (χ4v) is 2.44. The number of aryl methyl sites for hydroxylation is 1. The van der Waals surface area contributed by atoms with Crippen LogP contribution in [0.5, 0.6) is 0 Å². The Morgan fingerprint density at radius 2 is 1.91 bits per heavy atom. The molecule has 0 aliphatic carbocycles. The standard InChI is InChI=1S/C18H18N3.ClH.Pt/c1-18(2,14-8-5-4-6-9-14)16-11-7-10-15(20-16)17-19-12-13-21(17)3;;/h4-8,10-13H,1-3H3;1H;/q-1;;+2/p-1. The third-order valence-corrected chi connectivity index (χ3v) is 3.82. The van der Waals surface area contributed by atoms with Crippen molar-refractivity contribution in [2.75, 3.05) is 0 Å². The first-order chi connectivity index (χ1) is 11.1. The molecule has 122 valence electrons. The van der Waals surface area contributed by atoms with Crippen LogP contribution in [0.3, 0.4) is 0 Å². The molecule has 0 unspecified atom stereocenters. The second-order valence-electron chi connectivity index (χ2n) is 5.67. The molecule has 0 saturated heterocycles. The summed E-state index contributed by atoms with van der Waals surface area (Å²) in [4.78, 5) is 9.20. The molecule has 0 bridgehead atoms. The van der Waals surface area contributed by atoms with Crippen LogP contribution < -0.4 is 0 Å². The maximum absolute atomic E-state index is 4.82. The van der Waals surface area contributed by atoms with Gasteiger partial charge in [-0.15, -0.1) is 0 Å². The van der Waals surface area contributed by atoms with Gasteiger partial charge >= 0.3 is 28.2 Å². The summed E-state index contributed by atoms with van der Waals surface area (Å²) in [7, 11) is 6.59. The van der Waals surface area contributed by atoms with Crippen LogP contribution >= 0.6 is 9.42 Å². The molecule has 0 fully saturated rings. The van der Waals surface area contributed by atoms with Gasteiger partial charge in [0.1, 0.15) is 5.69 Å². The molecule has 0 aliphatic heterocycles. The molecular weight excluding hydrogens is 489 g/mol. The molecule has 0 N–H and O–H groups in total. The summed E-state index contributed by atoms with van der Waals surface area (Å²) in [6.45, 7) is 4.34. The first-order valence-corrected chi connectivity index (χ1v) is 9.95. The second-order valence-corrected chi connectivity index (χ2v) is 5.67. The number of halogens is 1. The number of rotatable bonds is 3. The Kier molecular flexibility index (Phi) is 6.15. The predicted octanol–water partition coefficient (Wildman–Crippen LogP) is 4.30. The van der Waals surface area contributed by atoms with Crippen molar-refractivity contribution in [1.82, 2.24) is 14.5 Å². The van der Waals surface area contributed by atoms with Crippen LogP contribution in [0.25, 0.3) is 11.5 Å². The van der Waals surface area contributed by atoms with Crippen LogP contribution in [-0.4, -0.2) is 14.5 Å². The van der Waals surface area contributed by atoms with Crippen molar-refractivity contribution in [2.45, 2.75) is 19.3 Å². The molecule has 23 heavy (non-hydrogen) atoms. The van der Waals surface area contributed by atoms with E-state index < -0.39 is 0 Å². The molecule has 0 aliphatic rings. The van der Waals surface area contributed by atoms with Gasteiger partial charge in [-0.2, -0.15) is 35.9 Å². The average molecular weight is 507 g/mol. The molecule has 3 aromatic rings. The molecule has 0 spiro atoms. The van der Waals surface area contributed by atoms with E-state index in [2.05, 4.69) is 46.4 Å². The number of imidazole rings is 1. The Labute approximate surface area is 152 Å². The topological polar surface area (TPSA) is 30.7 Å². The zero-order valence-corrected chi connectivity index (χ0v) is 16.3. The zero-order valence-electron chi connectivity index (χ0n) is 13.2. The van der Waals surface area contributed by atoms with E-state index in [-0.39, 0.29) is 5.41 Å². The summed E-state index contributed by atoms with van der Waals surface area (Å²) >= 11 is 1.61. The molecule has 0 radical (unpaired) electrons. The van der Waals surface area contributed by atoms with Gasteiger partial charge in [-0.3, -0.25) is 0 Å². The Morgan fingerprint density at radius 1 is 1.13 bits per heavy atom. The van der Waals surface area contributed by atoms with Crippen molar-refractivity contribution in [3.63, 3.8) is 0 Å². The van der Waals surface area contributed by atoms with Crippen LogP contribution in [0.1, 0.15) is 25.1 Å². The first-order valence-electron chi connectivity index (χ1n) is 7.13. The van der Waals surface area contributed by atoms with E-state index in [4.69, 9.17) is 4.98 Å². The summed E-state index contributed by atoms with van der Waals surface area (Å²) < 4.78 is 1.98. The van der Waals surface area contributed by atoms with E-state index in [0.717, 1.165) is 22.8 Å². The van der Waals surface area contributed by atoms with Gasteiger partial charge < -0.3 is 4.57 Å². The van der Waals surface area contributed by atoms with Crippen molar-refractivity contribution in [3.05, 3.63) is 72.2 Å². The molecular formula is C18H18ClN3Pt. The molecule has 0 amide bonds.